The number of hydrogen-bond donors (Lipinski definition) is 3. The summed E-state index contributed by atoms with van der Waals surface area (Å²) in [5.41, 5.74) is 1.42. The molecule has 1 aliphatic rings. The fourth-order valence-corrected chi connectivity index (χ4v) is 1.98. The molecule has 98 valence electrons. The van der Waals surface area contributed by atoms with Crippen molar-refractivity contribution in [2.45, 2.75) is 32.9 Å². The van der Waals surface area contributed by atoms with Crippen LogP contribution in [0.4, 0.5) is 4.79 Å². The van der Waals surface area contributed by atoms with Crippen molar-refractivity contribution < 1.29 is 14.7 Å². The molecule has 2 amide bonds. The van der Waals surface area contributed by atoms with Gasteiger partial charge in [-0.3, -0.25) is 5.10 Å². The van der Waals surface area contributed by atoms with Gasteiger partial charge in [-0.05, 0) is 13.8 Å². The molecule has 0 bridgehead atoms. The van der Waals surface area contributed by atoms with Crippen molar-refractivity contribution in [2.24, 2.45) is 0 Å². The number of urea groups is 1. The van der Waals surface area contributed by atoms with Gasteiger partial charge in [0.15, 0.2) is 5.69 Å². The van der Waals surface area contributed by atoms with E-state index in [9.17, 15) is 9.59 Å². The first-order valence-corrected chi connectivity index (χ1v) is 5.84. The Morgan fingerprint density at radius 3 is 2.83 bits per heavy atom. The minimum absolute atomic E-state index is 0.00652. The van der Waals surface area contributed by atoms with Crippen molar-refractivity contribution in [3.8, 4) is 0 Å². The number of H-pyrrole nitrogens is 1. The van der Waals surface area contributed by atoms with Gasteiger partial charge in [-0.25, -0.2) is 9.59 Å². The molecule has 0 saturated carbocycles. The van der Waals surface area contributed by atoms with E-state index in [0.29, 0.717) is 18.5 Å². The minimum atomic E-state index is -1.07. The third kappa shape index (κ3) is 2.29. The van der Waals surface area contributed by atoms with Crippen LogP contribution in [0.25, 0.3) is 0 Å². The average molecular weight is 252 g/mol. The molecule has 3 N–H and O–H groups in total. The van der Waals surface area contributed by atoms with Gasteiger partial charge in [0.1, 0.15) is 0 Å². The fraction of sp³-hybridized carbons (Fsp3) is 0.545. The average Bonchev–Trinajstić information content (AvgIpc) is 2.70. The number of rotatable bonds is 2. The molecule has 7 heteroatoms. The van der Waals surface area contributed by atoms with Crippen molar-refractivity contribution in [1.82, 2.24) is 20.4 Å². The Labute approximate surface area is 104 Å². The molecule has 1 aliphatic heterocycles. The first-order valence-electron chi connectivity index (χ1n) is 5.84. The van der Waals surface area contributed by atoms with Crippen LogP contribution in [0, 0.1) is 0 Å². The molecule has 0 aromatic carbocycles. The zero-order valence-corrected chi connectivity index (χ0v) is 10.4. The molecule has 2 rings (SSSR count). The van der Waals surface area contributed by atoms with E-state index in [2.05, 4.69) is 15.5 Å². The van der Waals surface area contributed by atoms with Gasteiger partial charge in [0.2, 0.25) is 0 Å². The second kappa shape index (κ2) is 4.67. The van der Waals surface area contributed by atoms with Gasteiger partial charge < -0.3 is 15.3 Å². The molecule has 0 fully saturated rings. The highest BCUT2D eigenvalue weighted by atomic mass is 16.4. The quantitative estimate of drug-likeness (QED) is 0.717. The molecule has 0 unspecified atom stereocenters. The number of nitrogens with one attached hydrogen (secondary N) is 2. The Bertz CT molecular complexity index is 481. The monoisotopic (exact) mass is 252 g/mol. The van der Waals surface area contributed by atoms with Crippen LogP contribution in [0.3, 0.4) is 0 Å². The van der Waals surface area contributed by atoms with Gasteiger partial charge in [0.25, 0.3) is 0 Å². The summed E-state index contributed by atoms with van der Waals surface area (Å²) in [5.74, 6) is -1.07. The highest BCUT2D eigenvalue weighted by Gasteiger charge is 2.27. The molecule has 18 heavy (non-hydrogen) atoms. The van der Waals surface area contributed by atoms with Crippen LogP contribution >= 0.6 is 0 Å². The van der Waals surface area contributed by atoms with Crippen LogP contribution in [0.15, 0.2) is 0 Å². The Hall–Kier alpha value is -2.05. The summed E-state index contributed by atoms with van der Waals surface area (Å²) in [6, 6.07) is -0.115. The molecule has 0 aliphatic carbocycles. The Morgan fingerprint density at radius 1 is 1.50 bits per heavy atom. The van der Waals surface area contributed by atoms with E-state index in [1.807, 2.05) is 13.8 Å². The van der Waals surface area contributed by atoms with E-state index in [-0.39, 0.29) is 24.3 Å². The number of aromatic nitrogens is 2. The third-order valence-corrected chi connectivity index (χ3v) is 2.84. The molecule has 1 aromatic rings. The molecule has 2 heterocycles. The number of amides is 2. The largest absolute Gasteiger partial charge is 0.476 e. The van der Waals surface area contributed by atoms with E-state index >= 15 is 0 Å². The zero-order valence-electron chi connectivity index (χ0n) is 10.4. The van der Waals surface area contributed by atoms with Crippen molar-refractivity contribution in [2.75, 3.05) is 6.54 Å². The van der Waals surface area contributed by atoms with Crippen molar-refractivity contribution in [3.63, 3.8) is 0 Å². The van der Waals surface area contributed by atoms with Gasteiger partial charge in [0, 0.05) is 30.3 Å². The second-order valence-electron chi connectivity index (χ2n) is 4.61. The summed E-state index contributed by atoms with van der Waals surface area (Å²) in [7, 11) is 0. The SMILES string of the molecule is CC(C)NC(=O)N1CCc2[nH]nc(C(=O)O)c2C1. The summed E-state index contributed by atoms with van der Waals surface area (Å²) in [4.78, 5) is 24.4. The van der Waals surface area contributed by atoms with Gasteiger partial charge in [0.05, 0.1) is 6.54 Å². The van der Waals surface area contributed by atoms with Crippen LogP contribution in [0.1, 0.15) is 35.6 Å². The number of fused-ring (bicyclic) bond motifs is 1. The first-order chi connectivity index (χ1) is 8.49. The molecule has 7 nitrogen and oxygen atoms in total. The predicted molar refractivity (Wildman–Crippen MR) is 63.3 cm³/mol. The van der Waals surface area contributed by atoms with Gasteiger partial charge >= 0.3 is 12.0 Å². The van der Waals surface area contributed by atoms with E-state index in [1.54, 1.807) is 4.90 Å². The maximum absolute atomic E-state index is 11.9. The van der Waals surface area contributed by atoms with Gasteiger partial charge in [-0.1, -0.05) is 0 Å². The lowest BCUT2D eigenvalue weighted by molar-refractivity contribution is 0.0687. The second-order valence-corrected chi connectivity index (χ2v) is 4.61. The highest BCUT2D eigenvalue weighted by Crippen LogP contribution is 2.20. The standard InChI is InChI=1S/C11H16N4O3/c1-6(2)12-11(18)15-4-3-8-7(5-15)9(10(16)17)14-13-8/h6H,3-5H2,1-2H3,(H,12,18)(H,13,14)(H,16,17). The Kier molecular flexibility index (Phi) is 3.22. The van der Waals surface area contributed by atoms with Gasteiger partial charge in [-0.2, -0.15) is 5.10 Å². The van der Waals surface area contributed by atoms with Crippen LogP contribution in [-0.2, 0) is 13.0 Å². The third-order valence-electron chi connectivity index (χ3n) is 2.84. The number of aromatic amines is 1. The molecular formula is C11H16N4O3. The molecule has 0 saturated heterocycles. The van der Waals surface area contributed by atoms with E-state index < -0.39 is 5.97 Å². The molecule has 0 radical (unpaired) electrons. The van der Waals surface area contributed by atoms with Crippen molar-refractivity contribution >= 4 is 12.0 Å². The zero-order chi connectivity index (χ0) is 13.3. The maximum atomic E-state index is 11.9. The van der Waals surface area contributed by atoms with Crippen LogP contribution in [0.2, 0.25) is 0 Å². The summed E-state index contributed by atoms with van der Waals surface area (Å²) >= 11 is 0. The van der Waals surface area contributed by atoms with Crippen LogP contribution in [-0.4, -0.2) is 44.8 Å². The normalized spacial score (nSPS) is 14.5. The Morgan fingerprint density at radius 2 is 2.22 bits per heavy atom. The van der Waals surface area contributed by atoms with Crippen molar-refractivity contribution in [1.29, 1.82) is 0 Å². The van der Waals surface area contributed by atoms with Crippen LogP contribution in [0.5, 0.6) is 0 Å². The molecule has 0 spiro atoms. The lowest BCUT2D eigenvalue weighted by atomic mass is 10.1. The lowest BCUT2D eigenvalue weighted by Crippen LogP contribution is -2.45. The van der Waals surface area contributed by atoms with E-state index in [1.165, 1.54) is 0 Å². The van der Waals surface area contributed by atoms with Gasteiger partial charge in [-0.15, -0.1) is 0 Å². The highest BCUT2D eigenvalue weighted by molar-refractivity contribution is 5.87. The summed E-state index contributed by atoms with van der Waals surface area (Å²) < 4.78 is 0. The lowest BCUT2D eigenvalue weighted by Gasteiger charge is -2.27. The number of carboxylic acid groups (broad SMARTS) is 1. The number of carbonyl (C=O) groups excluding carboxylic acids is 1. The molecule has 1 aromatic heterocycles. The van der Waals surface area contributed by atoms with Crippen LogP contribution < -0.4 is 5.32 Å². The smallest absolute Gasteiger partial charge is 0.356 e. The topological polar surface area (TPSA) is 98.3 Å². The van der Waals surface area contributed by atoms with E-state index in [0.717, 1.165) is 5.69 Å². The minimum Gasteiger partial charge on any atom is -0.476 e. The number of nitrogens with zero attached hydrogens (tertiary/aromatic N) is 2. The number of carbonyl (C=O) groups is 2. The summed E-state index contributed by atoms with van der Waals surface area (Å²) in [5, 5.41) is 18.3. The summed E-state index contributed by atoms with van der Waals surface area (Å²) in [6.45, 7) is 4.61. The summed E-state index contributed by atoms with van der Waals surface area (Å²) in [6.07, 6.45) is 0.598. The molecule has 0 atom stereocenters. The predicted octanol–water partition coefficient (Wildman–Crippen LogP) is 0.584. The fourth-order valence-electron chi connectivity index (χ4n) is 1.98. The Balaban J connectivity index is 2.16. The van der Waals surface area contributed by atoms with E-state index in [4.69, 9.17) is 5.11 Å². The van der Waals surface area contributed by atoms with Crippen molar-refractivity contribution in [3.05, 3.63) is 17.0 Å². The number of hydrogen-bond acceptors (Lipinski definition) is 3. The number of aromatic carboxylic acids is 1. The first kappa shape index (κ1) is 12.4. The number of carboxylic acids is 1. The molecular weight excluding hydrogens is 236 g/mol. The maximum Gasteiger partial charge on any atom is 0.356 e.